The molecule has 5 nitrogen and oxygen atoms in total. The molecule has 0 unspecified atom stereocenters. The van der Waals surface area contributed by atoms with E-state index in [2.05, 4.69) is 5.32 Å². The zero-order valence-electron chi connectivity index (χ0n) is 14.7. The lowest BCUT2D eigenvalue weighted by atomic mass is 10.1. The number of ether oxygens (including phenoxy) is 2. The van der Waals surface area contributed by atoms with Gasteiger partial charge in [-0.25, -0.2) is 0 Å². The molecule has 0 saturated carbocycles. The van der Waals surface area contributed by atoms with Crippen LogP contribution in [0.25, 0.3) is 10.8 Å². The van der Waals surface area contributed by atoms with Crippen LogP contribution in [0, 0.1) is 0 Å². The summed E-state index contributed by atoms with van der Waals surface area (Å²) in [7, 11) is 1.51. The maximum atomic E-state index is 12.0. The predicted molar refractivity (Wildman–Crippen MR) is 105 cm³/mol. The molecule has 0 aliphatic carbocycles. The Balaban J connectivity index is 1.55. The minimum Gasteiger partial charge on any atom is -0.496 e. The van der Waals surface area contributed by atoms with Crippen molar-refractivity contribution in [3.8, 4) is 5.75 Å². The van der Waals surface area contributed by atoms with E-state index in [1.54, 1.807) is 24.3 Å². The highest BCUT2D eigenvalue weighted by Gasteiger charge is 2.13. The number of anilines is 1. The number of hydrogen-bond donors (Lipinski definition) is 1. The zero-order chi connectivity index (χ0) is 19.2. The molecular formula is C21H18ClNO4. The van der Waals surface area contributed by atoms with Crippen LogP contribution in [0.5, 0.6) is 5.75 Å². The summed E-state index contributed by atoms with van der Waals surface area (Å²) in [6.07, 6.45) is -0.0347. The molecule has 1 N–H and O–H groups in total. The molecule has 3 aromatic carbocycles. The van der Waals surface area contributed by atoms with Gasteiger partial charge in [-0.1, -0.05) is 41.9 Å². The van der Waals surface area contributed by atoms with E-state index in [4.69, 9.17) is 21.1 Å². The monoisotopic (exact) mass is 383 g/mol. The second-order valence-electron chi connectivity index (χ2n) is 5.90. The average Bonchev–Trinajstić information content (AvgIpc) is 2.66. The summed E-state index contributed by atoms with van der Waals surface area (Å²) in [5, 5.41) is 5.31. The number of benzene rings is 3. The lowest BCUT2D eigenvalue weighted by molar-refractivity contribution is -0.146. The van der Waals surface area contributed by atoms with E-state index in [9.17, 15) is 9.59 Å². The molecular weight excluding hydrogens is 366 g/mol. The maximum absolute atomic E-state index is 12.0. The van der Waals surface area contributed by atoms with Crippen LogP contribution in [0.4, 0.5) is 5.69 Å². The minimum absolute atomic E-state index is 0.0347. The normalized spacial score (nSPS) is 10.4. The van der Waals surface area contributed by atoms with Crippen molar-refractivity contribution in [2.45, 2.75) is 6.42 Å². The summed E-state index contributed by atoms with van der Waals surface area (Å²) in [6, 6.07) is 18.4. The van der Waals surface area contributed by atoms with Gasteiger partial charge in [0, 0.05) is 16.3 Å². The number of fused-ring (bicyclic) bond motifs is 1. The molecule has 1 amide bonds. The van der Waals surface area contributed by atoms with Crippen molar-refractivity contribution in [3.05, 3.63) is 71.2 Å². The van der Waals surface area contributed by atoms with Crippen LogP contribution in [0.15, 0.2) is 60.7 Å². The number of carbonyl (C=O) groups excluding carboxylic acids is 2. The molecule has 3 aromatic rings. The van der Waals surface area contributed by atoms with Gasteiger partial charge in [0.2, 0.25) is 0 Å². The Labute approximate surface area is 161 Å². The summed E-state index contributed by atoms with van der Waals surface area (Å²) in [5.74, 6) is -0.405. The fourth-order valence-electron chi connectivity index (χ4n) is 2.70. The number of amides is 1. The fourth-order valence-corrected chi connectivity index (χ4v) is 2.90. The Morgan fingerprint density at radius 3 is 2.56 bits per heavy atom. The van der Waals surface area contributed by atoms with Crippen LogP contribution < -0.4 is 10.1 Å². The van der Waals surface area contributed by atoms with E-state index in [1.807, 2.05) is 36.4 Å². The van der Waals surface area contributed by atoms with Crippen LogP contribution in [0.1, 0.15) is 5.56 Å². The molecule has 0 aliphatic rings. The Kier molecular flexibility index (Phi) is 5.94. The van der Waals surface area contributed by atoms with Crippen molar-refractivity contribution in [3.63, 3.8) is 0 Å². The molecule has 138 valence electrons. The van der Waals surface area contributed by atoms with E-state index in [0.29, 0.717) is 22.0 Å². The van der Waals surface area contributed by atoms with E-state index >= 15 is 0 Å². The number of halogens is 1. The topological polar surface area (TPSA) is 64.6 Å². The van der Waals surface area contributed by atoms with Gasteiger partial charge in [0.05, 0.1) is 13.5 Å². The van der Waals surface area contributed by atoms with E-state index in [1.165, 1.54) is 7.11 Å². The third kappa shape index (κ3) is 4.99. The van der Waals surface area contributed by atoms with E-state index < -0.39 is 11.9 Å². The van der Waals surface area contributed by atoms with Crippen LogP contribution in [0.2, 0.25) is 5.02 Å². The molecule has 0 aliphatic heterocycles. The lowest BCUT2D eigenvalue weighted by Crippen LogP contribution is -2.21. The second-order valence-corrected chi connectivity index (χ2v) is 6.34. The Hall–Kier alpha value is -3.05. The molecule has 6 heteroatoms. The van der Waals surface area contributed by atoms with Crippen molar-refractivity contribution in [1.82, 2.24) is 0 Å². The SMILES string of the molecule is COc1ccc(Cl)cc1CC(=O)OCC(=O)Nc1ccc2ccccc2c1. The van der Waals surface area contributed by atoms with Crippen molar-refractivity contribution < 1.29 is 19.1 Å². The first-order chi connectivity index (χ1) is 13.0. The molecule has 0 spiro atoms. The number of nitrogens with one attached hydrogen (secondary N) is 1. The molecule has 0 radical (unpaired) electrons. The van der Waals surface area contributed by atoms with Gasteiger partial charge in [-0.2, -0.15) is 0 Å². The van der Waals surface area contributed by atoms with Crippen molar-refractivity contribution in [2.24, 2.45) is 0 Å². The minimum atomic E-state index is -0.538. The summed E-state index contributed by atoms with van der Waals surface area (Å²) in [4.78, 5) is 24.1. The molecule has 0 saturated heterocycles. The zero-order valence-corrected chi connectivity index (χ0v) is 15.5. The second kappa shape index (κ2) is 8.56. The molecule has 0 heterocycles. The van der Waals surface area contributed by atoms with Crippen LogP contribution in [-0.2, 0) is 20.7 Å². The third-order valence-corrected chi connectivity index (χ3v) is 4.21. The van der Waals surface area contributed by atoms with Gasteiger partial charge in [-0.05, 0) is 41.1 Å². The van der Waals surface area contributed by atoms with Gasteiger partial charge in [0.15, 0.2) is 6.61 Å². The maximum Gasteiger partial charge on any atom is 0.310 e. The summed E-state index contributed by atoms with van der Waals surface area (Å²) in [6.45, 7) is -0.367. The first-order valence-corrected chi connectivity index (χ1v) is 8.69. The van der Waals surface area contributed by atoms with Gasteiger partial charge in [-0.15, -0.1) is 0 Å². The van der Waals surface area contributed by atoms with Gasteiger partial charge in [0.25, 0.3) is 5.91 Å². The van der Waals surface area contributed by atoms with Crippen molar-refractivity contribution in [2.75, 3.05) is 19.0 Å². The molecule has 0 aromatic heterocycles. The van der Waals surface area contributed by atoms with Gasteiger partial charge in [-0.3, -0.25) is 9.59 Å². The smallest absolute Gasteiger partial charge is 0.310 e. The lowest BCUT2D eigenvalue weighted by Gasteiger charge is -2.10. The predicted octanol–water partition coefficient (Wildman–Crippen LogP) is 4.23. The molecule has 0 fully saturated rings. The number of esters is 1. The van der Waals surface area contributed by atoms with Crippen LogP contribution in [0.3, 0.4) is 0 Å². The first-order valence-electron chi connectivity index (χ1n) is 8.32. The highest BCUT2D eigenvalue weighted by atomic mass is 35.5. The molecule has 27 heavy (non-hydrogen) atoms. The average molecular weight is 384 g/mol. The molecule has 0 bridgehead atoms. The van der Waals surface area contributed by atoms with Gasteiger partial charge >= 0.3 is 5.97 Å². The Morgan fingerprint density at radius 1 is 1.00 bits per heavy atom. The summed E-state index contributed by atoms with van der Waals surface area (Å²) < 4.78 is 10.3. The number of hydrogen-bond acceptors (Lipinski definition) is 4. The third-order valence-electron chi connectivity index (χ3n) is 3.97. The number of methoxy groups -OCH3 is 1. The number of carbonyl (C=O) groups is 2. The highest BCUT2D eigenvalue weighted by Crippen LogP contribution is 2.23. The highest BCUT2D eigenvalue weighted by molar-refractivity contribution is 6.30. The Bertz CT molecular complexity index is 987. The van der Waals surface area contributed by atoms with Crippen LogP contribution >= 0.6 is 11.6 Å². The van der Waals surface area contributed by atoms with E-state index in [0.717, 1.165) is 10.8 Å². The van der Waals surface area contributed by atoms with E-state index in [-0.39, 0.29) is 13.0 Å². The molecule has 3 rings (SSSR count). The summed E-state index contributed by atoms with van der Waals surface area (Å²) >= 11 is 5.94. The fraction of sp³-hybridized carbons (Fsp3) is 0.143. The largest absolute Gasteiger partial charge is 0.496 e. The Morgan fingerprint density at radius 2 is 1.78 bits per heavy atom. The number of rotatable bonds is 6. The van der Waals surface area contributed by atoms with Gasteiger partial charge < -0.3 is 14.8 Å². The first kappa shape index (κ1) is 18.7. The molecule has 0 atom stereocenters. The van der Waals surface area contributed by atoms with Crippen molar-refractivity contribution >= 4 is 39.9 Å². The van der Waals surface area contributed by atoms with Crippen LogP contribution in [-0.4, -0.2) is 25.6 Å². The quantitative estimate of drug-likeness (QED) is 0.647. The summed E-state index contributed by atoms with van der Waals surface area (Å²) in [5.41, 5.74) is 1.25. The van der Waals surface area contributed by atoms with Crippen molar-refractivity contribution in [1.29, 1.82) is 0 Å². The standard InChI is InChI=1S/C21H18ClNO4/c1-26-19-9-7-17(22)10-16(19)12-21(25)27-13-20(24)23-18-8-6-14-4-2-3-5-15(14)11-18/h2-11H,12-13H2,1H3,(H,23,24). The van der Waals surface area contributed by atoms with Gasteiger partial charge in [0.1, 0.15) is 5.75 Å².